The molecule has 0 unspecified atom stereocenters. The van der Waals surface area contributed by atoms with E-state index < -0.39 is 11.5 Å². The van der Waals surface area contributed by atoms with Crippen molar-refractivity contribution in [3.8, 4) is 0 Å². The smallest absolute Gasteiger partial charge is 0.226 e. The van der Waals surface area contributed by atoms with E-state index in [1.54, 1.807) is 0 Å². The van der Waals surface area contributed by atoms with Crippen molar-refractivity contribution in [2.45, 2.75) is 111 Å². The molecule has 1 amide bonds. The van der Waals surface area contributed by atoms with Gasteiger partial charge in [-0.25, -0.2) is 0 Å². The first-order valence-electron chi connectivity index (χ1n) is 15.8. The number of aliphatic hydroxyl groups excluding tert-OH is 2. The molecule has 5 heteroatoms. The molecule has 38 heavy (non-hydrogen) atoms. The highest BCUT2D eigenvalue weighted by atomic mass is 16.3. The maximum atomic E-state index is 13.9. The number of nitrogens with one attached hydrogen (secondary N) is 1. The molecule has 5 N–H and O–H groups in total. The van der Waals surface area contributed by atoms with Crippen LogP contribution in [0.1, 0.15) is 105 Å². The Labute approximate surface area is 231 Å². The summed E-state index contributed by atoms with van der Waals surface area (Å²) in [4.78, 5) is 13.9. The highest BCUT2D eigenvalue weighted by molar-refractivity contribution is 5.83. The van der Waals surface area contributed by atoms with Gasteiger partial charge < -0.3 is 21.3 Å². The lowest BCUT2D eigenvalue weighted by Gasteiger charge is -2.73. The lowest BCUT2D eigenvalue weighted by atomic mass is 9.32. The van der Waals surface area contributed by atoms with Crippen molar-refractivity contribution < 1.29 is 15.0 Å². The van der Waals surface area contributed by atoms with Crippen LogP contribution in [-0.4, -0.2) is 41.9 Å². The van der Waals surface area contributed by atoms with E-state index in [4.69, 9.17) is 5.73 Å². The monoisotopic (exact) mass is 528 g/mol. The summed E-state index contributed by atoms with van der Waals surface area (Å²) in [5.41, 5.74) is 6.84. The Balaban J connectivity index is 1.51. The zero-order valence-electron chi connectivity index (χ0n) is 25.0. The second-order valence-corrected chi connectivity index (χ2v) is 15.5. The van der Waals surface area contributed by atoms with Crippen LogP contribution in [0.4, 0.5) is 0 Å². The number of nitrogens with two attached hydrogens (primary N) is 1. The number of aliphatic hydroxyl groups is 2. The van der Waals surface area contributed by atoms with Crippen molar-refractivity contribution >= 4 is 5.91 Å². The lowest BCUT2D eigenvalue weighted by molar-refractivity contribution is -0.252. The van der Waals surface area contributed by atoms with Gasteiger partial charge in [-0.3, -0.25) is 4.79 Å². The fraction of sp³-hybridized carbons (Fsp3) is 0.909. The number of allylic oxidation sites excluding steroid dienone is 1. The third-order valence-electron chi connectivity index (χ3n) is 14.3. The molecule has 216 valence electrons. The highest BCUT2D eigenvalue weighted by Crippen LogP contribution is 2.77. The zero-order valence-corrected chi connectivity index (χ0v) is 25.0. The predicted molar refractivity (Wildman–Crippen MR) is 153 cm³/mol. The molecule has 0 aromatic carbocycles. The van der Waals surface area contributed by atoms with Crippen LogP contribution in [0, 0.1) is 56.7 Å². The molecule has 11 atom stereocenters. The normalized spacial score (nSPS) is 51.8. The maximum absolute atomic E-state index is 13.9. The van der Waals surface area contributed by atoms with E-state index in [2.05, 4.69) is 46.5 Å². The summed E-state index contributed by atoms with van der Waals surface area (Å²) in [6.07, 6.45) is 11.1. The molecule has 0 saturated heterocycles. The second-order valence-electron chi connectivity index (χ2n) is 15.5. The topological polar surface area (TPSA) is 95.6 Å². The second kappa shape index (κ2) is 9.58. The molecule has 5 saturated carbocycles. The minimum absolute atomic E-state index is 0.0713. The van der Waals surface area contributed by atoms with Crippen molar-refractivity contribution in [1.82, 2.24) is 5.32 Å². The van der Waals surface area contributed by atoms with Crippen molar-refractivity contribution in [2.75, 3.05) is 19.7 Å². The number of carbonyl (C=O) groups is 1. The molecule has 0 aromatic rings. The van der Waals surface area contributed by atoms with Crippen LogP contribution in [0.2, 0.25) is 0 Å². The van der Waals surface area contributed by atoms with Gasteiger partial charge in [-0.1, -0.05) is 39.8 Å². The van der Waals surface area contributed by atoms with E-state index >= 15 is 0 Å². The summed E-state index contributed by atoms with van der Waals surface area (Å²) < 4.78 is 0. The van der Waals surface area contributed by atoms with E-state index in [0.717, 1.165) is 57.8 Å². The average Bonchev–Trinajstić information content (AvgIpc) is 3.28. The molecule has 0 spiro atoms. The third-order valence-corrected chi connectivity index (χ3v) is 14.3. The van der Waals surface area contributed by atoms with E-state index in [1.165, 1.54) is 18.4 Å². The average molecular weight is 529 g/mol. The quantitative estimate of drug-likeness (QED) is 0.273. The molecule has 5 nitrogen and oxygen atoms in total. The number of amides is 1. The highest BCUT2D eigenvalue weighted by Gasteiger charge is 2.72. The summed E-state index contributed by atoms with van der Waals surface area (Å²) in [6, 6.07) is 0. The fourth-order valence-corrected chi connectivity index (χ4v) is 12.0. The summed E-state index contributed by atoms with van der Waals surface area (Å²) in [6.45, 7) is 17.9. The molecule has 5 aliphatic carbocycles. The van der Waals surface area contributed by atoms with Crippen LogP contribution in [-0.2, 0) is 4.79 Å². The van der Waals surface area contributed by atoms with Gasteiger partial charge in [0, 0.05) is 12.0 Å². The van der Waals surface area contributed by atoms with Gasteiger partial charge in [-0.15, -0.1) is 0 Å². The van der Waals surface area contributed by atoms with Gasteiger partial charge in [0.05, 0.1) is 18.1 Å². The van der Waals surface area contributed by atoms with E-state index in [-0.39, 0.29) is 34.2 Å². The number of hydrogen-bond acceptors (Lipinski definition) is 4. The minimum atomic E-state index is -0.412. The van der Waals surface area contributed by atoms with Gasteiger partial charge in [-0.05, 0) is 130 Å². The van der Waals surface area contributed by atoms with Crippen LogP contribution in [0.3, 0.4) is 0 Å². The minimum Gasteiger partial charge on any atom is -0.396 e. The molecular weight excluding hydrogens is 472 g/mol. The van der Waals surface area contributed by atoms with Gasteiger partial charge >= 0.3 is 0 Å². The van der Waals surface area contributed by atoms with Crippen LogP contribution < -0.4 is 11.1 Å². The third kappa shape index (κ3) is 3.62. The summed E-state index contributed by atoms with van der Waals surface area (Å²) in [5.74, 6) is 2.55. The Hall–Kier alpha value is -0.910. The standard InChI is InChI=1S/C33H56N2O3/c1-21(2)22-10-15-33(28(38)35-19-7-18-34)17-16-31(5)23(27(22)33)8-9-25-29(3)13-12-26(37)30(4,20-36)24(29)11-14-32(25,31)6/h22-27,36-37H,1,7-20,34H2,2-6H3,(H,35,38)/t22-,23+,24+,25+,26-,27+,29-,30-,31+,32+,33-/m0/s1. The van der Waals surface area contributed by atoms with Crippen LogP contribution in [0.25, 0.3) is 0 Å². The van der Waals surface area contributed by atoms with Crippen LogP contribution >= 0.6 is 0 Å². The Bertz CT molecular complexity index is 953. The molecule has 5 fully saturated rings. The van der Waals surface area contributed by atoms with Crippen molar-refractivity contribution in [1.29, 1.82) is 0 Å². The first-order valence-corrected chi connectivity index (χ1v) is 15.8. The molecule has 0 bridgehead atoms. The lowest BCUT2D eigenvalue weighted by Crippen LogP contribution is -2.68. The Morgan fingerprint density at radius 1 is 0.947 bits per heavy atom. The number of hydrogen-bond donors (Lipinski definition) is 4. The van der Waals surface area contributed by atoms with Gasteiger partial charge in [0.2, 0.25) is 5.91 Å². The molecule has 0 heterocycles. The first kappa shape index (κ1) is 28.6. The molecule has 0 aromatic heterocycles. The van der Waals surface area contributed by atoms with Crippen molar-refractivity contribution in [3.05, 3.63) is 12.2 Å². The Kier molecular flexibility index (Phi) is 7.22. The van der Waals surface area contributed by atoms with Gasteiger partial charge in [-0.2, -0.15) is 0 Å². The Morgan fingerprint density at radius 2 is 1.68 bits per heavy atom. The predicted octanol–water partition coefficient (Wildman–Crippen LogP) is 5.44. The number of carbonyl (C=O) groups excluding carboxylic acids is 1. The van der Waals surface area contributed by atoms with Crippen LogP contribution in [0.15, 0.2) is 12.2 Å². The molecule has 0 aliphatic heterocycles. The molecular formula is C33H56N2O3. The molecule has 5 aliphatic rings. The van der Waals surface area contributed by atoms with Crippen molar-refractivity contribution in [3.63, 3.8) is 0 Å². The summed E-state index contributed by atoms with van der Waals surface area (Å²) >= 11 is 0. The van der Waals surface area contributed by atoms with Gasteiger partial charge in [0.25, 0.3) is 0 Å². The molecule has 5 rings (SSSR count). The maximum Gasteiger partial charge on any atom is 0.226 e. The number of rotatable bonds is 6. The van der Waals surface area contributed by atoms with Crippen LogP contribution in [0.5, 0.6) is 0 Å². The summed E-state index contributed by atoms with van der Waals surface area (Å²) in [5, 5.41) is 24.8. The molecule has 0 radical (unpaired) electrons. The number of fused-ring (bicyclic) bond motifs is 7. The fourth-order valence-electron chi connectivity index (χ4n) is 12.0. The Morgan fingerprint density at radius 3 is 2.34 bits per heavy atom. The SMILES string of the molecule is C=C(C)[C@@H]1CC[C@]2(C(=O)NCCCN)CC[C@]3(C)[C@H](CC[C@@H]4[C@@]5(C)CC[C@H](O)[C@@](C)(CO)[C@@H]5CC[C@]43C)[C@@H]12. The van der Waals surface area contributed by atoms with Crippen molar-refractivity contribution in [2.24, 2.45) is 62.4 Å². The van der Waals surface area contributed by atoms with E-state index in [9.17, 15) is 15.0 Å². The first-order chi connectivity index (χ1) is 17.9. The zero-order chi connectivity index (χ0) is 27.7. The summed E-state index contributed by atoms with van der Waals surface area (Å²) in [7, 11) is 0. The van der Waals surface area contributed by atoms with Gasteiger partial charge in [0.15, 0.2) is 0 Å². The van der Waals surface area contributed by atoms with Gasteiger partial charge in [0.1, 0.15) is 0 Å². The van der Waals surface area contributed by atoms with E-state index in [1.807, 2.05) is 0 Å². The van der Waals surface area contributed by atoms with E-state index in [0.29, 0.717) is 42.7 Å². The largest absolute Gasteiger partial charge is 0.396 e.